The molecule has 0 spiro atoms. The second kappa shape index (κ2) is 9.45. The molecule has 0 saturated heterocycles. The standard InChI is InChI=1S/C24H28O4/c1-4-6-18(7-5-2)24(25)28-22-13-10-19-14-20(16-27-23(19)15-22)17-8-11-21(26-3)12-9-17/h8-15,18H,4-7,16H2,1-3H3. The monoisotopic (exact) mass is 380 g/mol. The van der Waals surface area contributed by atoms with Crippen LogP contribution in [0.3, 0.4) is 0 Å². The van der Waals surface area contributed by atoms with Gasteiger partial charge in [0.2, 0.25) is 0 Å². The predicted molar refractivity (Wildman–Crippen MR) is 112 cm³/mol. The number of benzene rings is 2. The van der Waals surface area contributed by atoms with E-state index in [1.54, 1.807) is 7.11 Å². The van der Waals surface area contributed by atoms with Crippen molar-refractivity contribution in [3.8, 4) is 17.2 Å². The van der Waals surface area contributed by atoms with Gasteiger partial charge in [0.25, 0.3) is 0 Å². The number of carbonyl (C=O) groups excluding carboxylic acids is 1. The van der Waals surface area contributed by atoms with Gasteiger partial charge in [-0.3, -0.25) is 4.79 Å². The number of rotatable bonds is 8. The molecule has 148 valence electrons. The molecule has 0 unspecified atom stereocenters. The van der Waals surface area contributed by atoms with E-state index in [9.17, 15) is 4.79 Å². The number of methoxy groups -OCH3 is 1. The Bertz CT molecular complexity index is 830. The van der Waals surface area contributed by atoms with Crippen molar-refractivity contribution in [2.75, 3.05) is 13.7 Å². The van der Waals surface area contributed by atoms with Crippen molar-refractivity contribution in [1.29, 1.82) is 0 Å². The summed E-state index contributed by atoms with van der Waals surface area (Å²) in [5.74, 6) is 1.94. The van der Waals surface area contributed by atoms with E-state index in [0.717, 1.165) is 53.9 Å². The van der Waals surface area contributed by atoms with Crippen LogP contribution in [0, 0.1) is 5.92 Å². The highest BCUT2D eigenvalue weighted by Crippen LogP contribution is 2.34. The second-order valence-corrected chi connectivity index (χ2v) is 7.08. The van der Waals surface area contributed by atoms with Crippen molar-refractivity contribution in [2.45, 2.75) is 39.5 Å². The van der Waals surface area contributed by atoms with E-state index in [4.69, 9.17) is 14.2 Å². The lowest BCUT2D eigenvalue weighted by atomic mass is 9.98. The van der Waals surface area contributed by atoms with Gasteiger partial charge in [-0.25, -0.2) is 0 Å². The van der Waals surface area contributed by atoms with Crippen molar-refractivity contribution in [2.24, 2.45) is 5.92 Å². The summed E-state index contributed by atoms with van der Waals surface area (Å²) >= 11 is 0. The smallest absolute Gasteiger partial charge is 0.314 e. The fraction of sp³-hybridized carbons (Fsp3) is 0.375. The molecule has 0 amide bonds. The Balaban J connectivity index is 1.73. The molecular weight excluding hydrogens is 352 g/mol. The zero-order chi connectivity index (χ0) is 19.9. The highest BCUT2D eigenvalue weighted by Gasteiger charge is 2.20. The van der Waals surface area contributed by atoms with E-state index >= 15 is 0 Å². The van der Waals surface area contributed by atoms with Gasteiger partial charge in [-0.1, -0.05) is 38.8 Å². The van der Waals surface area contributed by atoms with Crippen molar-refractivity contribution >= 4 is 17.6 Å². The van der Waals surface area contributed by atoms with Crippen LogP contribution in [0.25, 0.3) is 11.6 Å². The Kier molecular flexibility index (Phi) is 6.75. The average Bonchev–Trinajstić information content (AvgIpc) is 2.73. The van der Waals surface area contributed by atoms with Crippen LogP contribution in [0.15, 0.2) is 42.5 Å². The molecule has 0 atom stereocenters. The summed E-state index contributed by atoms with van der Waals surface area (Å²) in [6.07, 6.45) is 5.80. The lowest BCUT2D eigenvalue weighted by molar-refractivity contribution is -0.139. The first-order valence-corrected chi connectivity index (χ1v) is 9.98. The third kappa shape index (κ3) is 4.75. The van der Waals surface area contributed by atoms with E-state index in [1.807, 2.05) is 42.5 Å². The van der Waals surface area contributed by atoms with Gasteiger partial charge in [0.15, 0.2) is 0 Å². The summed E-state index contributed by atoms with van der Waals surface area (Å²) in [5.41, 5.74) is 3.19. The predicted octanol–water partition coefficient (Wildman–Crippen LogP) is 5.75. The molecule has 0 fully saturated rings. The van der Waals surface area contributed by atoms with E-state index in [0.29, 0.717) is 12.4 Å². The Morgan fingerprint density at radius 3 is 2.36 bits per heavy atom. The van der Waals surface area contributed by atoms with Gasteiger partial charge in [-0.15, -0.1) is 0 Å². The third-order valence-corrected chi connectivity index (χ3v) is 4.98. The molecule has 28 heavy (non-hydrogen) atoms. The van der Waals surface area contributed by atoms with Crippen LogP contribution in [0.1, 0.15) is 50.7 Å². The number of ether oxygens (including phenoxy) is 3. The van der Waals surface area contributed by atoms with Crippen LogP contribution in [-0.4, -0.2) is 19.7 Å². The molecule has 1 aliphatic rings. The van der Waals surface area contributed by atoms with Gasteiger partial charge >= 0.3 is 5.97 Å². The Hall–Kier alpha value is -2.75. The fourth-order valence-corrected chi connectivity index (χ4v) is 3.46. The minimum atomic E-state index is -0.145. The minimum absolute atomic E-state index is 0.0338. The summed E-state index contributed by atoms with van der Waals surface area (Å²) in [5, 5.41) is 0. The van der Waals surface area contributed by atoms with Gasteiger partial charge in [-0.2, -0.15) is 0 Å². The average molecular weight is 380 g/mol. The van der Waals surface area contributed by atoms with Gasteiger partial charge in [0, 0.05) is 11.6 Å². The lowest BCUT2D eigenvalue weighted by Crippen LogP contribution is -2.20. The molecule has 1 heterocycles. The van der Waals surface area contributed by atoms with Crippen LogP contribution in [0.5, 0.6) is 17.2 Å². The molecule has 2 aromatic rings. The number of carbonyl (C=O) groups is 1. The molecule has 4 heteroatoms. The van der Waals surface area contributed by atoms with Crippen LogP contribution >= 0.6 is 0 Å². The number of fused-ring (bicyclic) bond motifs is 1. The zero-order valence-corrected chi connectivity index (χ0v) is 16.9. The second-order valence-electron chi connectivity index (χ2n) is 7.08. The molecule has 2 aromatic carbocycles. The highest BCUT2D eigenvalue weighted by atomic mass is 16.5. The van der Waals surface area contributed by atoms with Crippen LogP contribution in [-0.2, 0) is 4.79 Å². The van der Waals surface area contributed by atoms with E-state index in [1.165, 1.54) is 0 Å². The highest BCUT2D eigenvalue weighted by molar-refractivity contribution is 5.86. The SMILES string of the molecule is CCCC(CCC)C(=O)Oc1ccc2c(c1)OCC(c1ccc(OC)cc1)=C2. The number of hydrogen-bond donors (Lipinski definition) is 0. The largest absolute Gasteiger partial charge is 0.497 e. The van der Waals surface area contributed by atoms with Crippen LogP contribution < -0.4 is 14.2 Å². The summed E-state index contributed by atoms with van der Waals surface area (Å²) < 4.78 is 16.8. The molecule has 0 N–H and O–H groups in total. The fourth-order valence-electron chi connectivity index (χ4n) is 3.46. The molecule has 3 rings (SSSR count). The first kappa shape index (κ1) is 20.0. The molecule has 4 nitrogen and oxygen atoms in total. The first-order valence-electron chi connectivity index (χ1n) is 9.98. The summed E-state index contributed by atoms with van der Waals surface area (Å²) in [7, 11) is 1.66. The van der Waals surface area contributed by atoms with E-state index in [2.05, 4.69) is 19.9 Å². The van der Waals surface area contributed by atoms with Crippen molar-refractivity contribution in [3.05, 3.63) is 53.6 Å². The number of hydrogen-bond acceptors (Lipinski definition) is 4. The van der Waals surface area contributed by atoms with Gasteiger partial charge in [-0.05, 0) is 54.3 Å². The Labute approximate surface area is 167 Å². The normalized spacial score (nSPS) is 12.8. The van der Waals surface area contributed by atoms with E-state index in [-0.39, 0.29) is 11.9 Å². The molecular formula is C24H28O4. The zero-order valence-electron chi connectivity index (χ0n) is 16.9. The maximum Gasteiger partial charge on any atom is 0.314 e. The minimum Gasteiger partial charge on any atom is -0.497 e. The summed E-state index contributed by atoms with van der Waals surface area (Å²) in [6, 6.07) is 13.5. The van der Waals surface area contributed by atoms with Gasteiger partial charge in [0.05, 0.1) is 13.0 Å². The quantitative estimate of drug-likeness (QED) is 0.432. The summed E-state index contributed by atoms with van der Waals surface area (Å²) in [4.78, 5) is 12.5. The molecule has 0 radical (unpaired) electrons. The molecule has 0 bridgehead atoms. The number of esters is 1. The van der Waals surface area contributed by atoms with Crippen LogP contribution in [0.4, 0.5) is 0 Å². The topological polar surface area (TPSA) is 44.8 Å². The van der Waals surface area contributed by atoms with Crippen LogP contribution in [0.2, 0.25) is 0 Å². The first-order chi connectivity index (χ1) is 13.6. The van der Waals surface area contributed by atoms with Gasteiger partial charge in [0.1, 0.15) is 23.9 Å². The maximum absolute atomic E-state index is 12.5. The van der Waals surface area contributed by atoms with Crippen molar-refractivity contribution in [1.82, 2.24) is 0 Å². The Morgan fingerprint density at radius 1 is 1.04 bits per heavy atom. The maximum atomic E-state index is 12.5. The molecule has 0 aliphatic carbocycles. The molecule has 1 aliphatic heterocycles. The lowest BCUT2D eigenvalue weighted by Gasteiger charge is -2.20. The van der Waals surface area contributed by atoms with Crippen molar-refractivity contribution in [3.63, 3.8) is 0 Å². The van der Waals surface area contributed by atoms with E-state index < -0.39 is 0 Å². The molecule has 0 aromatic heterocycles. The Morgan fingerprint density at radius 2 is 1.71 bits per heavy atom. The summed E-state index contributed by atoms with van der Waals surface area (Å²) in [6.45, 7) is 4.66. The van der Waals surface area contributed by atoms with Crippen molar-refractivity contribution < 1.29 is 19.0 Å². The third-order valence-electron chi connectivity index (χ3n) is 4.98. The van der Waals surface area contributed by atoms with Gasteiger partial charge < -0.3 is 14.2 Å². The molecule has 0 saturated carbocycles.